The Balaban J connectivity index is 3.95. The fourth-order valence-corrected chi connectivity index (χ4v) is 0.603. The number of urea groups is 1. The van der Waals surface area contributed by atoms with Crippen molar-refractivity contribution >= 4 is 6.03 Å². The van der Waals surface area contributed by atoms with Crippen LogP contribution in [-0.4, -0.2) is 37.0 Å². The van der Waals surface area contributed by atoms with Gasteiger partial charge in [-0.25, -0.2) is 4.79 Å². The Bertz CT molecular complexity index is 141. The number of allylic oxidation sites excluding steroid dienone is 1. The maximum absolute atomic E-state index is 11.0. The number of rotatable bonds is 1. The normalized spacial score (nSPS) is 10.0. The standard InChI is InChI=1S/C7H14N2O/c1-5-6-9(4)7(10)8(2)3/h5-6H,1-4H3/b6-5+. The minimum absolute atomic E-state index is 0.0156. The van der Waals surface area contributed by atoms with Crippen LogP contribution in [0, 0.1) is 0 Å². The van der Waals surface area contributed by atoms with E-state index in [9.17, 15) is 4.79 Å². The summed E-state index contributed by atoms with van der Waals surface area (Å²) in [6.07, 6.45) is 3.55. The maximum atomic E-state index is 11.0. The molecule has 0 aromatic carbocycles. The fourth-order valence-electron chi connectivity index (χ4n) is 0.603. The molecule has 0 spiro atoms. The molecule has 0 unspecified atom stereocenters. The molecule has 3 nitrogen and oxygen atoms in total. The molecule has 0 aliphatic carbocycles. The lowest BCUT2D eigenvalue weighted by molar-refractivity contribution is 0.196. The zero-order valence-corrected chi connectivity index (χ0v) is 6.96. The molecule has 0 heterocycles. The highest BCUT2D eigenvalue weighted by Crippen LogP contribution is 1.90. The SMILES string of the molecule is C/C=C/N(C)C(=O)N(C)C. The summed E-state index contributed by atoms with van der Waals surface area (Å²) in [5, 5.41) is 0. The largest absolute Gasteiger partial charge is 0.330 e. The number of carbonyl (C=O) groups is 1. The third-order valence-corrected chi connectivity index (χ3v) is 1.06. The molecule has 3 heteroatoms. The molecular formula is C7H14N2O. The molecule has 0 atom stereocenters. The quantitative estimate of drug-likeness (QED) is 0.538. The van der Waals surface area contributed by atoms with Crippen molar-refractivity contribution < 1.29 is 4.79 Å². The second-order valence-corrected chi connectivity index (χ2v) is 2.27. The van der Waals surface area contributed by atoms with Crippen LogP contribution < -0.4 is 0 Å². The molecule has 0 rings (SSSR count). The Morgan fingerprint density at radius 2 is 1.80 bits per heavy atom. The van der Waals surface area contributed by atoms with E-state index in [1.807, 2.05) is 13.0 Å². The van der Waals surface area contributed by atoms with E-state index in [0.717, 1.165) is 0 Å². The maximum Gasteiger partial charge on any atom is 0.323 e. The minimum Gasteiger partial charge on any atom is -0.330 e. The van der Waals surface area contributed by atoms with Gasteiger partial charge >= 0.3 is 6.03 Å². The highest BCUT2D eigenvalue weighted by molar-refractivity contribution is 5.74. The molecule has 0 aliphatic heterocycles. The summed E-state index contributed by atoms with van der Waals surface area (Å²) in [6, 6.07) is -0.0156. The van der Waals surface area contributed by atoms with Crippen LogP contribution in [0.5, 0.6) is 0 Å². The van der Waals surface area contributed by atoms with Crippen LogP contribution in [-0.2, 0) is 0 Å². The van der Waals surface area contributed by atoms with Crippen molar-refractivity contribution in [2.24, 2.45) is 0 Å². The summed E-state index contributed by atoms with van der Waals surface area (Å²) >= 11 is 0. The summed E-state index contributed by atoms with van der Waals surface area (Å²) < 4.78 is 0. The lowest BCUT2D eigenvalue weighted by Gasteiger charge is -2.17. The van der Waals surface area contributed by atoms with E-state index < -0.39 is 0 Å². The number of hydrogen-bond donors (Lipinski definition) is 0. The zero-order valence-electron chi connectivity index (χ0n) is 6.96. The van der Waals surface area contributed by atoms with Crippen LogP contribution >= 0.6 is 0 Å². The van der Waals surface area contributed by atoms with E-state index in [1.54, 1.807) is 27.3 Å². The molecule has 0 saturated heterocycles. The van der Waals surface area contributed by atoms with Crippen molar-refractivity contribution in [2.75, 3.05) is 21.1 Å². The van der Waals surface area contributed by atoms with Crippen LogP contribution in [0.15, 0.2) is 12.3 Å². The summed E-state index contributed by atoms with van der Waals surface area (Å²) in [5.41, 5.74) is 0. The Hall–Kier alpha value is -0.990. The fraction of sp³-hybridized carbons (Fsp3) is 0.571. The number of carbonyl (C=O) groups excluding carboxylic acids is 1. The van der Waals surface area contributed by atoms with Gasteiger partial charge in [0, 0.05) is 27.3 Å². The molecule has 0 saturated carbocycles. The monoisotopic (exact) mass is 142 g/mol. The first-order chi connectivity index (χ1) is 4.59. The summed E-state index contributed by atoms with van der Waals surface area (Å²) in [5.74, 6) is 0. The molecule has 0 bridgehead atoms. The Kier molecular flexibility index (Phi) is 3.54. The van der Waals surface area contributed by atoms with Gasteiger partial charge in [-0.2, -0.15) is 0 Å². The van der Waals surface area contributed by atoms with Gasteiger partial charge in [-0.15, -0.1) is 0 Å². The molecule has 10 heavy (non-hydrogen) atoms. The number of nitrogens with zero attached hydrogens (tertiary/aromatic N) is 2. The van der Waals surface area contributed by atoms with Gasteiger partial charge in [-0.3, -0.25) is 0 Å². The number of hydrogen-bond acceptors (Lipinski definition) is 1. The Morgan fingerprint density at radius 3 is 2.10 bits per heavy atom. The van der Waals surface area contributed by atoms with Crippen molar-refractivity contribution in [3.8, 4) is 0 Å². The van der Waals surface area contributed by atoms with Gasteiger partial charge in [0.1, 0.15) is 0 Å². The van der Waals surface area contributed by atoms with E-state index in [2.05, 4.69) is 0 Å². The Labute approximate surface area is 61.9 Å². The first-order valence-electron chi connectivity index (χ1n) is 3.16. The molecular weight excluding hydrogens is 128 g/mol. The highest BCUT2D eigenvalue weighted by atomic mass is 16.2. The molecule has 58 valence electrons. The molecule has 0 radical (unpaired) electrons. The van der Waals surface area contributed by atoms with Crippen molar-refractivity contribution in [1.82, 2.24) is 9.80 Å². The van der Waals surface area contributed by atoms with Crippen LogP contribution in [0.1, 0.15) is 6.92 Å². The number of amides is 2. The van der Waals surface area contributed by atoms with Crippen molar-refractivity contribution in [2.45, 2.75) is 6.92 Å². The minimum atomic E-state index is -0.0156. The first kappa shape index (κ1) is 9.01. The van der Waals surface area contributed by atoms with Crippen molar-refractivity contribution in [3.05, 3.63) is 12.3 Å². The lowest BCUT2D eigenvalue weighted by Crippen LogP contribution is -2.32. The van der Waals surface area contributed by atoms with Gasteiger partial charge in [-0.05, 0) is 6.92 Å². The molecule has 0 aliphatic rings. The van der Waals surface area contributed by atoms with Crippen LogP contribution in [0.3, 0.4) is 0 Å². The van der Waals surface area contributed by atoms with Crippen molar-refractivity contribution in [1.29, 1.82) is 0 Å². The van der Waals surface area contributed by atoms with E-state index in [4.69, 9.17) is 0 Å². The van der Waals surface area contributed by atoms with Gasteiger partial charge in [0.15, 0.2) is 0 Å². The smallest absolute Gasteiger partial charge is 0.323 e. The highest BCUT2D eigenvalue weighted by Gasteiger charge is 2.05. The van der Waals surface area contributed by atoms with Crippen LogP contribution in [0.25, 0.3) is 0 Å². The van der Waals surface area contributed by atoms with Gasteiger partial charge in [0.05, 0.1) is 0 Å². The van der Waals surface area contributed by atoms with Crippen molar-refractivity contribution in [3.63, 3.8) is 0 Å². The molecule has 0 aromatic heterocycles. The van der Waals surface area contributed by atoms with E-state index in [1.165, 1.54) is 9.80 Å². The van der Waals surface area contributed by atoms with E-state index >= 15 is 0 Å². The van der Waals surface area contributed by atoms with Crippen LogP contribution in [0.2, 0.25) is 0 Å². The molecule has 0 aromatic rings. The summed E-state index contributed by atoms with van der Waals surface area (Å²) in [7, 11) is 5.17. The second-order valence-electron chi connectivity index (χ2n) is 2.27. The molecule has 0 fully saturated rings. The van der Waals surface area contributed by atoms with Crippen LogP contribution in [0.4, 0.5) is 4.79 Å². The summed E-state index contributed by atoms with van der Waals surface area (Å²) in [6.45, 7) is 1.87. The van der Waals surface area contributed by atoms with E-state index in [-0.39, 0.29) is 6.03 Å². The lowest BCUT2D eigenvalue weighted by atomic mass is 10.6. The average molecular weight is 142 g/mol. The first-order valence-corrected chi connectivity index (χ1v) is 3.16. The zero-order chi connectivity index (χ0) is 8.15. The van der Waals surface area contributed by atoms with Gasteiger partial charge in [0.25, 0.3) is 0 Å². The van der Waals surface area contributed by atoms with Gasteiger partial charge in [-0.1, -0.05) is 6.08 Å². The Morgan fingerprint density at radius 1 is 1.30 bits per heavy atom. The van der Waals surface area contributed by atoms with Gasteiger partial charge < -0.3 is 9.80 Å². The molecule has 0 N–H and O–H groups in total. The predicted molar refractivity (Wildman–Crippen MR) is 41.7 cm³/mol. The second kappa shape index (κ2) is 3.93. The average Bonchev–Trinajstić information content (AvgIpc) is 1.87. The third-order valence-electron chi connectivity index (χ3n) is 1.06. The predicted octanol–water partition coefficient (Wildman–Crippen LogP) is 1.13. The molecule has 2 amide bonds. The summed E-state index contributed by atoms with van der Waals surface area (Å²) in [4.78, 5) is 14.1. The third kappa shape index (κ3) is 2.53. The van der Waals surface area contributed by atoms with Gasteiger partial charge in [0.2, 0.25) is 0 Å². The topological polar surface area (TPSA) is 23.6 Å². The van der Waals surface area contributed by atoms with E-state index in [0.29, 0.717) is 0 Å².